The highest BCUT2D eigenvalue weighted by atomic mass is 79.9. The van der Waals surface area contributed by atoms with Gasteiger partial charge in [0.2, 0.25) is 0 Å². The SMILES string of the molecule is CC(C)n1ncc(Br)c1C(O)c1cccc2c1OCCO2. The fourth-order valence-corrected chi connectivity index (χ4v) is 2.97. The minimum atomic E-state index is -0.832. The number of rotatable bonds is 3. The molecule has 1 N–H and O–H groups in total. The molecule has 1 aliphatic heterocycles. The number of aromatic nitrogens is 2. The zero-order valence-corrected chi connectivity index (χ0v) is 13.5. The fourth-order valence-electron chi connectivity index (χ4n) is 2.48. The maximum absolute atomic E-state index is 10.8. The van der Waals surface area contributed by atoms with Crippen LogP contribution >= 0.6 is 15.9 Å². The summed E-state index contributed by atoms with van der Waals surface area (Å²) in [7, 11) is 0. The molecule has 0 aliphatic carbocycles. The molecule has 1 unspecified atom stereocenters. The second-order valence-electron chi connectivity index (χ2n) is 5.19. The monoisotopic (exact) mass is 352 g/mol. The summed E-state index contributed by atoms with van der Waals surface area (Å²) in [5, 5.41) is 15.1. The number of aliphatic hydroxyl groups is 1. The predicted molar refractivity (Wildman–Crippen MR) is 81.8 cm³/mol. The lowest BCUT2D eigenvalue weighted by Crippen LogP contribution is -2.19. The molecule has 112 valence electrons. The number of para-hydroxylation sites is 1. The average Bonchev–Trinajstić information content (AvgIpc) is 2.88. The minimum Gasteiger partial charge on any atom is -0.486 e. The third kappa shape index (κ3) is 2.53. The quantitative estimate of drug-likeness (QED) is 0.922. The molecule has 1 aromatic heterocycles. The number of hydrogen-bond donors (Lipinski definition) is 1. The fraction of sp³-hybridized carbons (Fsp3) is 0.400. The first kappa shape index (κ1) is 14.4. The maximum atomic E-state index is 10.8. The Morgan fingerprint density at radius 3 is 2.81 bits per heavy atom. The van der Waals surface area contributed by atoms with E-state index in [9.17, 15) is 5.11 Å². The van der Waals surface area contributed by atoms with Crippen LogP contribution in [0.15, 0.2) is 28.9 Å². The van der Waals surface area contributed by atoms with E-state index in [1.54, 1.807) is 10.9 Å². The van der Waals surface area contributed by atoms with E-state index >= 15 is 0 Å². The number of nitrogens with zero attached hydrogens (tertiary/aromatic N) is 2. The van der Waals surface area contributed by atoms with Crippen molar-refractivity contribution in [2.24, 2.45) is 0 Å². The first-order chi connectivity index (χ1) is 10.1. The Morgan fingerprint density at radius 1 is 1.29 bits per heavy atom. The number of fused-ring (bicyclic) bond motifs is 1. The van der Waals surface area contributed by atoms with Crippen LogP contribution in [0.25, 0.3) is 0 Å². The Hall–Kier alpha value is -1.53. The molecule has 0 radical (unpaired) electrons. The van der Waals surface area contributed by atoms with E-state index in [-0.39, 0.29) is 6.04 Å². The molecule has 2 heterocycles. The molecule has 1 atom stereocenters. The second-order valence-corrected chi connectivity index (χ2v) is 6.04. The van der Waals surface area contributed by atoms with Crippen molar-refractivity contribution in [3.05, 3.63) is 40.1 Å². The van der Waals surface area contributed by atoms with Crippen LogP contribution < -0.4 is 9.47 Å². The molecule has 6 heteroatoms. The van der Waals surface area contributed by atoms with E-state index in [1.807, 2.05) is 32.0 Å². The molecule has 0 amide bonds. The largest absolute Gasteiger partial charge is 0.486 e. The number of benzene rings is 1. The van der Waals surface area contributed by atoms with Gasteiger partial charge >= 0.3 is 0 Å². The molecule has 21 heavy (non-hydrogen) atoms. The van der Waals surface area contributed by atoms with Crippen molar-refractivity contribution in [2.45, 2.75) is 26.0 Å². The summed E-state index contributed by atoms with van der Waals surface area (Å²) in [4.78, 5) is 0. The van der Waals surface area contributed by atoms with Crippen LogP contribution in [-0.4, -0.2) is 28.1 Å². The van der Waals surface area contributed by atoms with Crippen LogP contribution in [-0.2, 0) is 0 Å². The minimum absolute atomic E-state index is 0.151. The van der Waals surface area contributed by atoms with Gasteiger partial charge in [0.25, 0.3) is 0 Å². The third-order valence-corrected chi connectivity index (χ3v) is 4.04. The van der Waals surface area contributed by atoms with Gasteiger partial charge < -0.3 is 14.6 Å². The lowest BCUT2D eigenvalue weighted by atomic mass is 10.0. The van der Waals surface area contributed by atoms with Gasteiger partial charge in [-0.05, 0) is 35.8 Å². The van der Waals surface area contributed by atoms with Gasteiger partial charge in [0.15, 0.2) is 11.5 Å². The van der Waals surface area contributed by atoms with Crippen molar-refractivity contribution in [1.29, 1.82) is 0 Å². The molecule has 2 aromatic rings. The third-order valence-electron chi connectivity index (χ3n) is 3.43. The van der Waals surface area contributed by atoms with E-state index in [1.165, 1.54) is 0 Å². The van der Waals surface area contributed by atoms with E-state index in [0.717, 1.165) is 4.47 Å². The van der Waals surface area contributed by atoms with E-state index in [2.05, 4.69) is 21.0 Å². The molecule has 3 rings (SSSR count). The molecule has 1 aliphatic rings. The summed E-state index contributed by atoms with van der Waals surface area (Å²) in [6, 6.07) is 5.70. The van der Waals surface area contributed by atoms with Crippen molar-refractivity contribution >= 4 is 15.9 Å². The van der Waals surface area contributed by atoms with Gasteiger partial charge in [0.1, 0.15) is 19.3 Å². The summed E-state index contributed by atoms with van der Waals surface area (Å²) in [5.41, 5.74) is 1.41. The number of aliphatic hydroxyl groups excluding tert-OH is 1. The van der Waals surface area contributed by atoms with Crippen LogP contribution in [0.5, 0.6) is 11.5 Å². The van der Waals surface area contributed by atoms with Crippen LogP contribution in [0.2, 0.25) is 0 Å². The normalized spacial score (nSPS) is 15.3. The van der Waals surface area contributed by atoms with Gasteiger partial charge in [0.05, 0.1) is 16.4 Å². The van der Waals surface area contributed by atoms with Crippen LogP contribution in [0, 0.1) is 0 Å². The van der Waals surface area contributed by atoms with E-state index in [4.69, 9.17) is 9.47 Å². The van der Waals surface area contributed by atoms with Gasteiger partial charge in [0, 0.05) is 11.6 Å². The Labute approximate surface area is 131 Å². The Morgan fingerprint density at radius 2 is 2.05 bits per heavy atom. The summed E-state index contributed by atoms with van der Waals surface area (Å²) in [6.07, 6.45) is 0.867. The van der Waals surface area contributed by atoms with Crippen LogP contribution in [0.4, 0.5) is 0 Å². The standard InChI is InChI=1S/C15H17BrN2O3/c1-9(2)18-13(11(16)8-17-18)14(19)10-4-3-5-12-15(10)21-7-6-20-12/h3-5,8-9,14,19H,6-7H2,1-2H3. The summed E-state index contributed by atoms with van der Waals surface area (Å²) in [6.45, 7) is 5.06. The molecule has 0 spiro atoms. The lowest BCUT2D eigenvalue weighted by molar-refractivity contribution is 0.155. The van der Waals surface area contributed by atoms with Gasteiger partial charge in [-0.15, -0.1) is 0 Å². The summed E-state index contributed by atoms with van der Waals surface area (Å²) >= 11 is 3.46. The highest BCUT2D eigenvalue weighted by Crippen LogP contribution is 2.40. The van der Waals surface area contributed by atoms with Gasteiger partial charge in [-0.1, -0.05) is 12.1 Å². The molecule has 0 saturated heterocycles. The van der Waals surface area contributed by atoms with Crippen LogP contribution in [0.3, 0.4) is 0 Å². The molecule has 5 nitrogen and oxygen atoms in total. The maximum Gasteiger partial charge on any atom is 0.167 e. The molecular formula is C15H17BrN2O3. The topological polar surface area (TPSA) is 56.5 Å². The zero-order valence-electron chi connectivity index (χ0n) is 11.9. The average molecular weight is 353 g/mol. The summed E-state index contributed by atoms with van der Waals surface area (Å²) < 4.78 is 13.8. The molecular weight excluding hydrogens is 336 g/mol. The predicted octanol–water partition coefficient (Wildman–Crippen LogP) is 3.08. The number of halogens is 1. The highest BCUT2D eigenvalue weighted by molar-refractivity contribution is 9.10. The van der Waals surface area contributed by atoms with Crippen molar-refractivity contribution in [3.8, 4) is 11.5 Å². The van der Waals surface area contributed by atoms with E-state index in [0.29, 0.717) is 36.0 Å². The first-order valence-corrected chi connectivity index (χ1v) is 7.68. The van der Waals surface area contributed by atoms with Crippen LogP contribution in [0.1, 0.15) is 37.3 Å². The van der Waals surface area contributed by atoms with Gasteiger partial charge in [-0.3, -0.25) is 4.68 Å². The van der Waals surface area contributed by atoms with Gasteiger partial charge in [-0.25, -0.2) is 0 Å². The smallest absolute Gasteiger partial charge is 0.167 e. The number of ether oxygens (including phenoxy) is 2. The van der Waals surface area contributed by atoms with Gasteiger partial charge in [-0.2, -0.15) is 5.10 Å². The first-order valence-electron chi connectivity index (χ1n) is 6.89. The van der Waals surface area contributed by atoms with Crippen molar-refractivity contribution in [2.75, 3.05) is 13.2 Å². The molecule has 1 aromatic carbocycles. The molecule has 0 saturated carbocycles. The van der Waals surface area contributed by atoms with Crippen molar-refractivity contribution in [3.63, 3.8) is 0 Å². The lowest BCUT2D eigenvalue weighted by Gasteiger charge is -2.24. The molecule has 0 bridgehead atoms. The van der Waals surface area contributed by atoms with E-state index < -0.39 is 6.10 Å². The second kappa shape index (κ2) is 5.69. The zero-order chi connectivity index (χ0) is 15.0. The summed E-state index contributed by atoms with van der Waals surface area (Å²) in [5.74, 6) is 1.28. The Bertz CT molecular complexity index is 654. The Kier molecular flexibility index (Phi) is 3.91. The number of hydrogen-bond acceptors (Lipinski definition) is 4. The highest BCUT2D eigenvalue weighted by Gasteiger charge is 2.26. The van der Waals surface area contributed by atoms with Crippen molar-refractivity contribution in [1.82, 2.24) is 9.78 Å². The molecule has 0 fully saturated rings. The van der Waals surface area contributed by atoms with Crippen molar-refractivity contribution < 1.29 is 14.6 Å². The Balaban J connectivity index is 2.07.